The maximum Gasteiger partial charge on any atom is 0.0492 e. The first kappa shape index (κ1) is 13.2. The zero-order valence-corrected chi connectivity index (χ0v) is 11.2. The molecule has 1 heterocycles. The minimum Gasteiger partial charge on any atom is -0.314 e. The lowest BCUT2D eigenvalue weighted by Gasteiger charge is -2.28. The maximum atomic E-state index is 4.25. The monoisotopic (exact) mass is 223 g/mol. The molecule has 1 aromatic rings. The summed E-state index contributed by atoms with van der Waals surface area (Å²) in [6.07, 6.45) is 4.20. The van der Waals surface area contributed by atoms with Crippen LogP contribution in [0.3, 0.4) is 0 Å². The summed E-state index contributed by atoms with van der Waals surface area (Å²) in [5.41, 5.74) is 1.48. The van der Waals surface area contributed by atoms with Crippen LogP contribution in [0, 0.1) is 0 Å². The van der Waals surface area contributed by atoms with Gasteiger partial charge in [-0.15, -0.1) is 0 Å². The first-order valence-corrected chi connectivity index (χ1v) is 6.19. The normalized spacial score (nSPS) is 14.1. The number of hydrogen-bond donors (Lipinski definition) is 1. The van der Waals surface area contributed by atoms with Crippen molar-refractivity contribution in [3.8, 4) is 0 Å². The highest BCUT2D eigenvalue weighted by Gasteiger charge is 2.25. The van der Waals surface area contributed by atoms with Crippen LogP contribution >= 0.6 is 0 Å². The van der Waals surface area contributed by atoms with Crippen molar-refractivity contribution in [1.82, 2.24) is 15.1 Å². The first-order chi connectivity index (χ1) is 7.47. The fraction of sp³-hybridized carbons (Fsp3) is 0.769. The van der Waals surface area contributed by atoms with Crippen molar-refractivity contribution < 1.29 is 0 Å². The molecule has 0 spiro atoms. The van der Waals surface area contributed by atoms with Gasteiger partial charge in [0.15, 0.2) is 0 Å². The average molecular weight is 223 g/mol. The molecule has 0 bridgehead atoms. The van der Waals surface area contributed by atoms with Crippen molar-refractivity contribution in [2.45, 2.75) is 52.0 Å². The van der Waals surface area contributed by atoms with E-state index in [1.165, 1.54) is 12.1 Å². The van der Waals surface area contributed by atoms with Gasteiger partial charge in [-0.25, -0.2) is 0 Å². The zero-order chi connectivity index (χ0) is 12.2. The molecule has 0 aromatic carbocycles. The van der Waals surface area contributed by atoms with E-state index in [2.05, 4.69) is 44.2 Å². The summed E-state index contributed by atoms with van der Waals surface area (Å²) < 4.78 is 1.98. The number of hydrogen-bond acceptors (Lipinski definition) is 2. The van der Waals surface area contributed by atoms with Gasteiger partial charge < -0.3 is 5.32 Å². The molecule has 92 valence electrons. The third-order valence-corrected chi connectivity index (χ3v) is 3.07. The van der Waals surface area contributed by atoms with E-state index in [-0.39, 0.29) is 5.41 Å². The van der Waals surface area contributed by atoms with E-state index in [9.17, 15) is 0 Å². The van der Waals surface area contributed by atoms with E-state index in [0.29, 0.717) is 6.04 Å². The average Bonchev–Trinajstić information content (AvgIpc) is 2.61. The lowest BCUT2D eigenvalue weighted by atomic mass is 9.83. The Morgan fingerprint density at radius 1 is 1.50 bits per heavy atom. The minimum atomic E-state index is 0.172. The van der Waals surface area contributed by atoms with Gasteiger partial charge in [0, 0.05) is 30.4 Å². The van der Waals surface area contributed by atoms with Crippen LogP contribution in [-0.2, 0) is 12.5 Å². The second-order valence-corrected chi connectivity index (χ2v) is 5.28. The van der Waals surface area contributed by atoms with Crippen molar-refractivity contribution in [1.29, 1.82) is 0 Å². The molecule has 3 heteroatoms. The number of nitrogens with zero attached hydrogens (tertiary/aromatic N) is 2. The molecule has 1 N–H and O–H groups in total. The Balaban J connectivity index is 2.61. The summed E-state index contributed by atoms with van der Waals surface area (Å²) in [6.45, 7) is 10.1. The number of nitrogens with one attached hydrogen (secondary N) is 1. The van der Waals surface area contributed by atoms with Crippen molar-refractivity contribution in [3.05, 3.63) is 18.0 Å². The van der Waals surface area contributed by atoms with Crippen molar-refractivity contribution in [3.63, 3.8) is 0 Å². The second kappa shape index (κ2) is 5.48. The molecule has 0 fully saturated rings. The molecular weight excluding hydrogens is 198 g/mol. The molecule has 0 aliphatic heterocycles. The van der Waals surface area contributed by atoms with E-state index < -0.39 is 0 Å². The highest BCUT2D eigenvalue weighted by atomic mass is 15.3. The summed E-state index contributed by atoms with van der Waals surface area (Å²) in [5, 5.41) is 7.79. The number of rotatable bonds is 6. The molecule has 1 unspecified atom stereocenters. The molecule has 0 amide bonds. The van der Waals surface area contributed by atoms with E-state index in [4.69, 9.17) is 0 Å². The highest BCUT2D eigenvalue weighted by molar-refractivity contribution is 5.13. The third kappa shape index (κ3) is 3.34. The van der Waals surface area contributed by atoms with E-state index in [1.807, 2.05) is 17.9 Å². The van der Waals surface area contributed by atoms with Crippen LogP contribution in [0.15, 0.2) is 12.3 Å². The Hall–Kier alpha value is -0.830. The third-order valence-electron chi connectivity index (χ3n) is 3.07. The highest BCUT2D eigenvalue weighted by Crippen LogP contribution is 2.27. The quantitative estimate of drug-likeness (QED) is 0.803. The molecule has 0 radical (unpaired) electrons. The zero-order valence-electron chi connectivity index (χ0n) is 11.2. The Morgan fingerprint density at radius 2 is 2.19 bits per heavy atom. The van der Waals surface area contributed by atoms with E-state index >= 15 is 0 Å². The fourth-order valence-electron chi connectivity index (χ4n) is 2.37. The molecular formula is C13H25N3. The predicted octanol–water partition coefficient (Wildman–Crippen LogP) is 2.48. The van der Waals surface area contributed by atoms with Crippen LogP contribution in [0.25, 0.3) is 0 Å². The van der Waals surface area contributed by atoms with Crippen LogP contribution in [0.5, 0.6) is 0 Å². The molecule has 0 aliphatic rings. The minimum absolute atomic E-state index is 0.172. The van der Waals surface area contributed by atoms with Crippen molar-refractivity contribution in [2.24, 2.45) is 7.05 Å². The summed E-state index contributed by atoms with van der Waals surface area (Å²) in [7, 11) is 2.02. The van der Waals surface area contributed by atoms with Gasteiger partial charge in [0.2, 0.25) is 0 Å². The van der Waals surface area contributed by atoms with Crippen LogP contribution in [-0.4, -0.2) is 22.4 Å². The van der Waals surface area contributed by atoms with Gasteiger partial charge in [0.05, 0.1) is 0 Å². The maximum absolute atomic E-state index is 4.25. The largest absolute Gasteiger partial charge is 0.314 e. The van der Waals surface area contributed by atoms with Gasteiger partial charge >= 0.3 is 0 Å². The Labute approximate surface area is 99.2 Å². The Morgan fingerprint density at radius 3 is 2.69 bits per heavy atom. The van der Waals surface area contributed by atoms with Gasteiger partial charge in [-0.05, 0) is 32.4 Å². The SMILES string of the molecule is CCCNC(C)CC(C)(C)c1ccnn1C. The second-order valence-electron chi connectivity index (χ2n) is 5.28. The smallest absolute Gasteiger partial charge is 0.0492 e. The first-order valence-electron chi connectivity index (χ1n) is 6.19. The Bertz CT molecular complexity index is 315. The molecule has 1 atom stereocenters. The molecule has 16 heavy (non-hydrogen) atoms. The summed E-state index contributed by atoms with van der Waals surface area (Å²) in [5.74, 6) is 0. The topological polar surface area (TPSA) is 29.9 Å². The van der Waals surface area contributed by atoms with Crippen molar-refractivity contribution in [2.75, 3.05) is 6.54 Å². The molecule has 1 rings (SSSR count). The van der Waals surface area contributed by atoms with Gasteiger partial charge in [-0.3, -0.25) is 4.68 Å². The van der Waals surface area contributed by atoms with Gasteiger partial charge in [-0.1, -0.05) is 20.8 Å². The van der Waals surface area contributed by atoms with E-state index in [1.54, 1.807) is 0 Å². The van der Waals surface area contributed by atoms with E-state index in [0.717, 1.165) is 13.0 Å². The molecule has 0 saturated carbocycles. The summed E-state index contributed by atoms with van der Waals surface area (Å²) >= 11 is 0. The van der Waals surface area contributed by atoms with Gasteiger partial charge in [0.25, 0.3) is 0 Å². The lowest BCUT2D eigenvalue weighted by molar-refractivity contribution is 0.370. The van der Waals surface area contributed by atoms with Crippen LogP contribution in [0.4, 0.5) is 0 Å². The van der Waals surface area contributed by atoms with Crippen LogP contribution in [0.1, 0.15) is 46.2 Å². The fourth-order valence-corrected chi connectivity index (χ4v) is 2.37. The van der Waals surface area contributed by atoms with Crippen LogP contribution in [0.2, 0.25) is 0 Å². The lowest BCUT2D eigenvalue weighted by Crippen LogP contribution is -2.34. The summed E-state index contributed by atoms with van der Waals surface area (Å²) in [6, 6.07) is 2.66. The Kier molecular flexibility index (Phi) is 4.54. The molecule has 1 aromatic heterocycles. The predicted molar refractivity (Wildman–Crippen MR) is 68.6 cm³/mol. The van der Waals surface area contributed by atoms with Gasteiger partial charge in [-0.2, -0.15) is 5.10 Å². The number of aryl methyl sites for hydroxylation is 1. The van der Waals surface area contributed by atoms with Crippen molar-refractivity contribution >= 4 is 0 Å². The molecule has 0 saturated heterocycles. The summed E-state index contributed by atoms with van der Waals surface area (Å²) in [4.78, 5) is 0. The molecule has 3 nitrogen and oxygen atoms in total. The van der Waals surface area contributed by atoms with Gasteiger partial charge in [0.1, 0.15) is 0 Å². The van der Waals surface area contributed by atoms with Crippen LogP contribution < -0.4 is 5.32 Å². The standard InChI is InChI=1S/C13H25N3/c1-6-8-14-11(2)10-13(3,4)12-7-9-15-16(12)5/h7,9,11,14H,6,8,10H2,1-5H3. The molecule has 0 aliphatic carbocycles. The number of aromatic nitrogens is 2.